The quantitative estimate of drug-likeness (QED) is 0.448. The van der Waals surface area contributed by atoms with Crippen molar-refractivity contribution in [1.82, 2.24) is 0 Å². The van der Waals surface area contributed by atoms with E-state index in [2.05, 4.69) is 4.99 Å². The first-order chi connectivity index (χ1) is 6.59. The molecule has 0 heterocycles. The van der Waals surface area contributed by atoms with Crippen molar-refractivity contribution in [1.29, 1.82) is 0 Å². The van der Waals surface area contributed by atoms with Crippen LogP contribution in [0.15, 0.2) is 29.3 Å². The Kier molecular flexibility index (Phi) is 3.06. The Bertz CT molecular complexity index is 369. The zero-order valence-electron chi connectivity index (χ0n) is 7.60. The van der Waals surface area contributed by atoms with Crippen molar-refractivity contribution in [3.63, 3.8) is 0 Å². The maximum atomic E-state index is 10.7. The van der Waals surface area contributed by atoms with E-state index in [1.807, 2.05) is 0 Å². The van der Waals surface area contributed by atoms with Crippen LogP contribution < -0.4 is 17.2 Å². The monoisotopic (exact) mass is 192 g/mol. The standard InChI is InChI=1S/C9H12N4O/c10-8(14)5-6-3-1-2-4-7(6)13-9(11)12/h1-4H,5H2,(H2,10,14)(H4,11,12,13). The molecule has 0 bridgehead atoms. The van der Waals surface area contributed by atoms with Gasteiger partial charge in [0.2, 0.25) is 5.91 Å². The molecule has 1 amide bonds. The smallest absolute Gasteiger partial charge is 0.221 e. The third-order valence-corrected chi connectivity index (χ3v) is 1.61. The number of guanidine groups is 1. The lowest BCUT2D eigenvalue weighted by atomic mass is 10.1. The van der Waals surface area contributed by atoms with Crippen LogP contribution >= 0.6 is 0 Å². The lowest BCUT2D eigenvalue weighted by Gasteiger charge is -2.02. The molecule has 1 aromatic carbocycles. The second kappa shape index (κ2) is 4.27. The molecule has 0 fully saturated rings. The van der Waals surface area contributed by atoms with Gasteiger partial charge in [0.1, 0.15) is 0 Å². The fourth-order valence-electron chi connectivity index (χ4n) is 1.10. The van der Waals surface area contributed by atoms with E-state index in [4.69, 9.17) is 17.2 Å². The van der Waals surface area contributed by atoms with Gasteiger partial charge in [0.15, 0.2) is 5.96 Å². The van der Waals surface area contributed by atoms with Gasteiger partial charge in [0, 0.05) is 0 Å². The highest BCUT2D eigenvalue weighted by atomic mass is 16.1. The molecule has 0 radical (unpaired) electrons. The van der Waals surface area contributed by atoms with Crippen LogP contribution in [-0.2, 0) is 11.2 Å². The van der Waals surface area contributed by atoms with Gasteiger partial charge >= 0.3 is 0 Å². The molecular weight excluding hydrogens is 180 g/mol. The minimum atomic E-state index is -0.414. The number of hydrogen-bond acceptors (Lipinski definition) is 2. The van der Waals surface area contributed by atoms with E-state index in [1.54, 1.807) is 24.3 Å². The van der Waals surface area contributed by atoms with Gasteiger partial charge in [0.25, 0.3) is 0 Å². The SMILES string of the molecule is NC(=O)Cc1ccccc1N=C(N)N. The van der Waals surface area contributed by atoms with E-state index in [9.17, 15) is 4.79 Å². The van der Waals surface area contributed by atoms with Crippen molar-refractivity contribution in [3.05, 3.63) is 29.8 Å². The summed E-state index contributed by atoms with van der Waals surface area (Å²) in [5.41, 5.74) is 16.8. The molecule has 0 aliphatic carbocycles. The van der Waals surface area contributed by atoms with Gasteiger partial charge in [-0.1, -0.05) is 18.2 Å². The molecule has 0 aliphatic heterocycles. The highest BCUT2D eigenvalue weighted by Gasteiger charge is 2.03. The van der Waals surface area contributed by atoms with E-state index in [-0.39, 0.29) is 12.4 Å². The van der Waals surface area contributed by atoms with Crippen LogP contribution in [0.25, 0.3) is 0 Å². The van der Waals surface area contributed by atoms with Gasteiger partial charge in [-0.3, -0.25) is 4.79 Å². The second-order valence-electron chi connectivity index (χ2n) is 2.81. The van der Waals surface area contributed by atoms with E-state index in [1.165, 1.54) is 0 Å². The third kappa shape index (κ3) is 2.78. The molecule has 0 saturated carbocycles. The predicted octanol–water partition coefficient (Wildman–Crippen LogP) is -0.381. The lowest BCUT2D eigenvalue weighted by Crippen LogP contribution is -2.22. The normalized spacial score (nSPS) is 9.43. The molecule has 0 spiro atoms. The molecule has 74 valence electrons. The van der Waals surface area contributed by atoms with Gasteiger partial charge in [0.05, 0.1) is 12.1 Å². The first kappa shape index (κ1) is 10.0. The van der Waals surface area contributed by atoms with Crippen LogP contribution in [0, 0.1) is 0 Å². The Morgan fingerprint density at radius 1 is 1.21 bits per heavy atom. The molecule has 5 nitrogen and oxygen atoms in total. The fourth-order valence-corrected chi connectivity index (χ4v) is 1.10. The number of rotatable bonds is 3. The average Bonchev–Trinajstić information content (AvgIpc) is 2.06. The van der Waals surface area contributed by atoms with Crippen LogP contribution in [0.3, 0.4) is 0 Å². The van der Waals surface area contributed by atoms with Gasteiger partial charge in [-0.25, -0.2) is 4.99 Å². The maximum Gasteiger partial charge on any atom is 0.221 e. The first-order valence-electron chi connectivity index (χ1n) is 4.05. The topological polar surface area (TPSA) is 107 Å². The van der Waals surface area contributed by atoms with Crippen LogP contribution in [0.1, 0.15) is 5.56 Å². The molecule has 0 saturated heterocycles. The van der Waals surface area contributed by atoms with Gasteiger partial charge in [-0.05, 0) is 11.6 Å². The molecule has 14 heavy (non-hydrogen) atoms. The molecule has 0 aromatic heterocycles. The Hall–Kier alpha value is -2.04. The number of carbonyl (C=O) groups is 1. The number of benzene rings is 1. The Balaban J connectivity index is 3.03. The Morgan fingerprint density at radius 2 is 1.86 bits per heavy atom. The van der Waals surface area contributed by atoms with Crippen LogP contribution in [0.5, 0.6) is 0 Å². The minimum absolute atomic E-state index is 0.0399. The van der Waals surface area contributed by atoms with Crippen LogP contribution in [0.2, 0.25) is 0 Å². The van der Waals surface area contributed by atoms with Crippen molar-refractivity contribution >= 4 is 17.6 Å². The zero-order chi connectivity index (χ0) is 10.6. The van der Waals surface area contributed by atoms with Crippen molar-refractivity contribution in [2.24, 2.45) is 22.2 Å². The molecule has 0 aliphatic rings. The van der Waals surface area contributed by atoms with Crippen molar-refractivity contribution in [2.45, 2.75) is 6.42 Å². The summed E-state index contributed by atoms with van der Waals surface area (Å²) in [5.74, 6) is -0.454. The van der Waals surface area contributed by atoms with Crippen LogP contribution in [-0.4, -0.2) is 11.9 Å². The van der Waals surface area contributed by atoms with E-state index >= 15 is 0 Å². The summed E-state index contributed by atoms with van der Waals surface area (Å²) in [6.07, 6.45) is 0.132. The molecule has 0 atom stereocenters. The Morgan fingerprint density at radius 3 is 2.43 bits per heavy atom. The molecule has 1 rings (SSSR count). The number of nitrogens with zero attached hydrogens (tertiary/aromatic N) is 1. The number of hydrogen-bond donors (Lipinski definition) is 3. The van der Waals surface area contributed by atoms with Crippen LogP contribution in [0.4, 0.5) is 5.69 Å². The van der Waals surface area contributed by atoms with Crippen molar-refractivity contribution in [2.75, 3.05) is 0 Å². The van der Waals surface area contributed by atoms with E-state index < -0.39 is 5.91 Å². The number of nitrogens with two attached hydrogens (primary N) is 3. The number of aliphatic imine (C=N–C) groups is 1. The first-order valence-corrected chi connectivity index (χ1v) is 4.05. The van der Waals surface area contributed by atoms with E-state index in [0.29, 0.717) is 11.3 Å². The highest BCUT2D eigenvalue weighted by molar-refractivity contribution is 5.82. The van der Waals surface area contributed by atoms with Crippen molar-refractivity contribution < 1.29 is 4.79 Å². The van der Waals surface area contributed by atoms with Gasteiger partial charge in [-0.15, -0.1) is 0 Å². The molecular formula is C9H12N4O. The summed E-state index contributed by atoms with van der Waals surface area (Å²) in [4.78, 5) is 14.6. The number of carbonyl (C=O) groups excluding carboxylic acids is 1. The highest BCUT2D eigenvalue weighted by Crippen LogP contribution is 2.18. The second-order valence-corrected chi connectivity index (χ2v) is 2.81. The van der Waals surface area contributed by atoms with Crippen molar-refractivity contribution in [3.8, 4) is 0 Å². The summed E-state index contributed by atoms with van der Waals surface area (Å²) in [7, 11) is 0. The average molecular weight is 192 g/mol. The fraction of sp³-hybridized carbons (Fsp3) is 0.111. The number of primary amides is 1. The maximum absolute atomic E-state index is 10.7. The summed E-state index contributed by atoms with van der Waals surface area (Å²) < 4.78 is 0. The zero-order valence-corrected chi connectivity index (χ0v) is 7.60. The van der Waals surface area contributed by atoms with Gasteiger partial charge < -0.3 is 17.2 Å². The summed E-state index contributed by atoms with van der Waals surface area (Å²) >= 11 is 0. The summed E-state index contributed by atoms with van der Waals surface area (Å²) in [6.45, 7) is 0. The summed E-state index contributed by atoms with van der Waals surface area (Å²) in [6, 6.07) is 7.06. The Labute approximate surface area is 81.6 Å². The van der Waals surface area contributed by atoms with Gasteiger partial charge in [-0.2, -0.15) is 0 Å². The predicted molar refractivity (Wildman–Crippen MR) is 54.8 cm³/mol. The third-order valence-electron chi connectivity index (χ3n) is 1.61. The number of para-hydroxylation sites is 1. The molecule has 1 aromatic rings. The number of amides is 1. The lowest BCUT2D eigenvalue weighted by molar-refractivity contribution is -0.117. The van der Waals surface area contributed by atoms with E-state index in [0.717, 1.165) is 0 Å². The molecule has 6 N–H and O–H groups in total. The largest absolute Gasteiger partial charge is 0.370 e. The minimum Gasteiger partial charge on any atom is -0.370 e. The summed E-state index contributed by atoms with van der Waals surface area (Å²) in [5, 5.41) is 0. The molecule has 0 unspecified atom stereocenters. The molecule has 5 heteroatoms.